The van der Waals surface area contributed by atoms with Gasteiger partial charge in [0, 0.05) is 21.2 Å². The topological polar surface area (TPSA) is 97.5 Å². The Kier molecular flexibility index (Phi) is 4.41. The lowest BCUT2D eigenvalue weighted by Crippen LogP contribution is -1.82. The first kappa shape index (κ1) is 13.2. The molecule has 0 aliphatic heterocycles. The van der Waals surface area contributed by atoms with Gasteiger partial charge in [0.2, 0.25) is 0 Å². The first-order valence-electron chi connectivity index (χ1n) is 5.81. The van der Waals surface area contributed by atoms with Crippen LogP contribution in [0.3, 0.4) is 0 Å². The van der Waals surface area contributed by atoms with E-state index in [4.69, 9.17) is 11.1 Å². The zero-order valence-electron chi connectivity index (χ0n) is 10.5. The van der Waals surface area contributed by atoms with Gasteiger partial charge >= 0.3 is 0 Å². The Morgan fingerprint density at radius 3 is 2.30 bits per heavy atom. The minimum absolute atomic E-state index is 0.404. The fourth-order valence-electron chi connectivity index (χ4n) is 1.74. The van der Waals surface area contributed by atoms with E-state index in [-0.39, 0.29) is 0 Å². The lowest BCUT2D eigenvalue weighted by molar-refractivity contribution is 1.41. The van der Waals surface area contributed by atoms with Crippen LogP contribution in [0.2, 0.25) is 0 Å². The van der Waals surface area contributed by atoms with E-state index in [9.17, 15) is 0 Å². The van der Waals surface area contributed by atoms with E-state index in [0.717, 1.165) is 5.56 Å². The number of rotatable bonds is 4. The number of hydrogen-bond donors (Lipinski definition) is 0. The summed E-state index contributed by atoms with van der Waals surface area (Å²) in [6, 6.07) is 16.4. The highest BCUT2D eigenvalue weighted by molar-refractivity contribution is 5.85. The quantitative estimate of drug-likeness (QED) is 0.303. The summed E-state index contributed by atoms with van der Waals surface area (Å²) in [5, 5.41) is 7.30. The fraction of sp³-hybridized carbons (Fsp3) is 0. The lowest BCUT2D eigenvalue weighted by Gasteiger charge is -2.05. The zero-order chi connectivity index (χ0) is 14.2. The molecular formula is C14H10N6. The molecule has 0 saturated heterocycles. The molecule has 6 nitrogen and oxygen atoms in total. The van der Waals surface area contributed by atoms with Crippen LogP contribution in [-0.2, 0) is 0 Å². The number of benzene rings is 2. The summed E-state index contributed by atoms with van der Waals surface area (Å²) < 4.78 is 0. The predicted octanol–water partition coefficient (Wildman–Crippen LogP) is 5.44. The van der Waals surface area contributed by atoms with Gasteiger partial charge in [-0.3, -0.25) is 0 Å². The number of hydrogen-bond acceptors (Lipinski definition) is 2. The smallest absolute Gasteiger partial charge is 0.0458 e. The van der Waals surface area contributed by atoms with Crippen molar-refractivity contribution < 1.29 is 0 Å². The van der Waals surface area contributed by atoms with Gasteiger partial charge in [0.05, 0.1) is 0 Å². The maximum absolute atomic E-state index is 8.71. The van der Waals surface area contributed by atoms with Crippen LogP contribution in [0.25, 0.3) is 32.7 Å². The van der Waals surface area contributed by atoms with Crippen LogP contribution in [0.15, 0.2) is 64.8 Å². The van der Waals surface area contributed by atoms with Gasteiger partial charge in [0.15, 0.2) is 0 Å². The molecule has 0 aliphatic carbocycles. The largest absolute Gasteiger partial charge is 0.0622 e. The highest BCUT2D eigenvalue weighted by Gasteiger charge is 2.04. The maximum atomic E-state index is 8.71. The average Bonchev–Trinajstić information content (AvgIpc) is 2.49. The van der Waals surface area contributed by atoms with E-state index >= 15 is 0 Å². The molecule has 0 saturated carbocycles. The molecule has 0 spiro atoms. The van der Waals surface area contributed by atoms with Crippen LogP contribution in [0, 0.1) is 0 Å². The fourth-order valence-corrected chi connectivity index (χ4v) is 1.74. The van der Waals surface area contributed by atoms with Gasteiger partial charge in [-0.1, -0.05) is 64.8 Å². The lowest BCUT2D eigenvalue weighted by atomic mass is 10.1. The highest BCUT2D eigenvalue weighted by atomic mass is 15.2. The van der Waals surface area contributed by atoms with E-state index in [2.05, 4.69) is 20.1 Å². The molecule has 0 fully saturated rings. The van der Waals surface area contributed by atoms with Crippen molar-refractivity contribution in [2.24, 2.45) is 10.2 Å². The Bertz CT molecular complexity index is 722. The SMILES string of the molecule is [N-]=[N+]=NC(=Cc1ccccc1)c1ccccc1N=[N+]=[N-]. The van der Waals surface area contributed by atoms with Crippen LogP contribution in [-0.4, -0.2) is 0 Å². The second-order valence-corrected chi connectivity index (χ2v) is 3.84. The summed E-state index contributed by atoms with van der Waals surface area (Å²) in [6.45, 7) is 0. The summed E-state index contributed by atoms with van der Waals surface area (Å²) in [4.78, 5) is 5.61. The van der Waals surface area contributed by atoms with E-state index in [1.54, 1.807) is 30.3 Å². The van der Waals surface area contributed by atoms with E-state index in [0.29, 0.717) is 16.9 Å². The summed E-state index contributed by atoms with van der Waals surface area (Å²) in [6.07, 6.45) is 1.74. The predicted molar refractivity (Wildman–Crippen MR) is 78.7 cm³/mol. The van der Waals surface area contributed by atoms with Crippen molar-refractivity contribution in [3.63, 3.8) is 0 Å². The van der Waals surface area contributed by atoms with Crippen LogP contribution in [0.4, 0.5) is 5.69 Å². The molecule has 0 bridgehead atoms. The van der Waals surface area contributed by atoms with Crippen molar-refractivity contribution in [2.45, 2.75) is 0 Å². The minimum Gasteiger partial charge on any atom is -0.0622 e. The van der Waals surface area contributed by atoms with Crippen LogP contribution in [0.1, 0.15) is 11.1 Å². The Morgan fingerprint density at radius 1 is 0.900 bits per heavy atom. The van der Waals surface area contributed by atoms with Gasteiger partial charge in [-0.25, -0.2) is 0 Å². The van der Waals surface area contributed by atoms with Gasteiger partial charge in [-0.2, -0.15) is 0 Å². The molecule has 0 N–H and O–H groups in total. The summed E-state index contributed by atoms with van der Waals surface area (Å²) in [7, 11) is 0. The third-order valence-corrected chi connectivity index (χ3v) is 2.59. The molecule has 96 valence electrons. The Balaban J connectivity index is 2.58. The molecule has 0 atom stereocenters. The van der Waals surface area contributed by atoms with Crippen molar-refractivity contribution in [3.8, 4) is 0 Å². The molecule has 0 aliphatic rings. The van der Waals surface area contributed by atoms with Gasteiger partial charge in [-0.15, -0.1) is 0 Å². The van der Waals surface area contributed by atoms with Crippen LogP contribution in [0.5, 0.6) is 0 Å². The standard InChI is InChI=1S/C14H10N6/c15-19-17-13-9-5-4-8-12(13)14(18-20-16)10-11-6-2-1-3-7-11/h1-10H. The summed E-state index contributed by atoms with van der Waals surface area (Å²) in [5.74, 6) is 0. The first-order valence-corrected chi connectivity index (χ1v) is 5.81. The van der Waals surface area contributed by atoms with Crippen LogP contribution < -0.4 is 0 Å². The van der Waals surface area contributed by atoms with Crippen molar-refractivity contribution in [1.29, 1.82) is 0 Å². The number of nitrogens with zero attached hydrogens (tertiary/aromatic N) is 6. The molecule has 0 unspecified atom stereocenters. The van der Waals surface area contributed by atoms with E-state index in [1.165, 1.54) is 0 Å². The van der Waals surface area contributed by atoms with E-state index < -0.39 is 0 Å². The van der Waals surface area contributed by atoms with Crippen molar-refractivity contribution >= 4 is 17.5 Å². The average molecular weight is 262 g/mol. The van der Waals surface area contributed by atoms with Crippen molar-refractivity contribution in [1.82, 2.24) is 0 Å². The molecule has 2 aromatic carbocycles. The molecular weight excluding hydrogens is 252 g/mol. The minimum atomic E-state index is 0.404. The van der Waals surface area contributed by atoms with Crippen LogP contribution >= 0.6 is 0 Å². The molecule has 0 aromatic heterocycles. The number of azide groups is 2. The highest BCUT2D eigenvalue weighted by Crippen LogP contribution is 2.29. The second kappa shape index (κ2) is 6.66. The van der Waals surface area contributed by atoms with Gasteiger partial charge in [-0.05, 0) is 28.3 Å². The molecule has 0 radical (unpaired) electrons. The Labute approximate surface area is 115 Å². The summed E-state index contributed by atoms with van der Waals surface area (Å²) >= 11 is 0. The first-order chi connectivity index (χ1) is 9.85. The van der Waals surface area contributed by atoms with Gasteiger partial charge in [0.1, 0.15) is 0 Å². The molecule has 6 heteroatoms. The third-order valence-electron chi connectivity index (χ3n) is 2.59. The third kappa shape index (κ3) is 3.17. The molecule has 2 rings (SSSR count). The Hall–Kier alpha value is -3.20. The molecule has 0 amide bonds. The molecule has 2 aromatic rings. The van der Waals surface area contributed by atoms with E-state index in [1.807, 2.05) is 30.3 Å². The van der Waals surface area contributed by atoms with Crippen molar-refractivity contribution in [3.05, 3.63) is 86.6 Å². The molecule has 20 heavy (non-hydrogen) atoms. The molecule has 0 heterocycles. The van der Waals surface area contributed by atoms with Gasteiger partial charge < -0.3 is 0 Å². The Morgan fingerprint density at radius 2 is 1.60 bits per heavy atom. The normalized spacial score (nSPS) is 10.3. The maximum Gasteiger partial charge on any atom is 0.0458 e. The van der Waals surface area contributed by atoms with Crippen molar-refractivity contribution in [2.75, 3.05) is 0 Å². The zero-order valence-corrected chi connectivity index (χ0v) is 10.5. The van der Waals surface area contributed by atoms with Gasteiger partial charge in [0.25, 0.3) is 0 Å². The summed E-state index contributed by atoms with van der Waals surface area (Å²) in [5.41, 5.74) is 19.6. The second-order valence-electron chi connectivity index (χ2n) is 3.84. The monoisotopic (exact) mass is 262 g/mol.